The summed E-state index contributed by atoms with van der Waals surface area (Å²) in [6, 6.07) is 0. The Kier molecular flexibility index (Phi) is 5.84. The molecule has 9 heteroatoms. The molecule has 0 aliphatic carbocycles. The standard InChI is InChI=1S/C11H12F3N3O2S/c12-11(13,14)5-3-1-2-4-7-8(16-17-15)6-20-9(7)10(18)19/h6H,1-5H2,(H,18,19). The first-order valence-corrected chi connectivity index (χ1v) is 6.68. The van der Waals surface area contributed by atoms with Crippen molar-refractivity contribution in [2.45, 2.75) is 38.3 Å². The smallest absolute Gasteiger partial charge is 0.389 e. The first-order valence-electron chi connectivity index (χ1n) is 5.80. The molecule has 110 valence electrons. The summed E-state index contributed by atoms with van der Waals surface area (Å²) in [5.41, 5.74) is 9.02. The predicted octanol–water partition coefficient (Wildman–Crippen LogP) is 5.05. The van der Waals surface area contributed by atoms with Crippen molar-refractivity contribution in [2.24, 2.45) is 5.11 Å². The molecule has 0 amide bonds. The summed E-state index contributed by atoms with van der Waals surface area (Å²) in [4.78, 5) is 13.7. The van der Waals surface area contributed by atoms with Crippen LogP contribution in [0.2, 0.25) is 0 Å². The third-order valence-corrected chi connectivity index (χ3v) is 3.60. The molecule has 5 nitrogen and oxygen atoms in total. The molecule has 0 radical (unpaired) electrons. The topological polar surface area (TPSA) is 86.1 Å². The second kappa shape index (κ2) is 7.16. The Morgan fingerprint density at radius 2 is 2.10 bits per heavy atom. The molecule has 0 spiro atoms. The van der Waals surface area contributed by atoms with Gasteiger partial charge in [-0.25, -0.2) is 4.79 Å². The number of carboxylic acid groups (broad SMARTS) is 1. The van der Waals surface area contributed by atoms with E-state index in [1.54, 1.807) is 0 Å². The van der Waals surface area contributed by atoms with Gasteiger partial charge in [0.2, 0.25) is 0 Å². The Morgan fingerprint density at radius 3 is 2.65 bits per heavy atom. The van der Waals surface area contributed by atoms with Gasteiger partial charge in [-0.05, 0) is 30.4 Å². The van der Waals surface area contributed by atoms with Crippen molar-refractivity contribution in [1.82, 2.24) is 0 Å². The minimum atomic E-state index is -4.16. The number of alkyl halides is 3. The molecular weight excluding hydrogens is 295 g/mol. The molecule has 1 N–H and O–H groups in total. The molecule has 1 aromatic heterocycles. The van der Waals surface area contributed by atoms with Crippen molar-refractivity contribution in [3.63, 3.8) is 0 Å². The highest BCUT2D eigenvalue weighted by Gasteiger charge is 2.25. The lowest BCUT2D eigenvalue weighted by atomic mass is 10.1. The summed E-state index contributed by atoms with van der Waals surface area (Å²) in [7, 11) is 0. The van der Waals surface area contributed by atoms with E-state index in [4.69, 9.17) is 10.6 Å². The lowest BCUT2D eigenvalue weighted by Gasteiger charge is -2.06. The van der Waals surface area contributed by atoms with Gasteiger partial charge in [-0.15, -0.1) is 11.3 Å². The van der Waals surface area contributed by atoms with Crippen molar-refractivity contribution < 1.29 is 23.1 Å². The van der Waals surface area contributed by atoms with Crippen LogP contribution < -0.4 is 0 Å². The second-order valence-corrected chi connectivity index (χ2v) is 4.98. The van der Waals surface area contributed by atoms with Gasteiger partial charge in [-0.1, -0.05) is 11.5 Å². The Bertz CT molecular complexity index is 502. The van der Waals surface area contributed by atoms with Gasteiger partial charge in [-0.3, -0.25) is 0 Å². The average molecular weight is 307 g/mol. The van der Waals surface area contributed by atoms with E-state index in [1.165, 1.54) is 5.38 Å². The maximum Gasteiger partial charge on any atom is 0.389 e. The van der Waals surface area contributed by atoms with E-state index in [-0.39, 0.29) is 23.4 Å². The van der Waals surface area contributed by atoms with E-state index in [1.807, 2.05) is 0 Å². The van der Waals surface area contributed by atoms with E-state index in [0.717, 1.165) is 11.3 Å². The molecule has 0 saturated carbocycles. The van der Waals surface area contributed by atoms with Crippen molar-refractivity contribution >= 4 is 23.0 Å². The van der Waals surface area contributed by atoms with Crippen molar-refractivity contribution in [3.05, 3.63) is 26.3 Å². The Labute approximate surface area is 116 Å². The molecular formula is C11H12F3N3O2S. The van der Waals surface area contributed by atoms with E-state index in [0.29, 0.717) is 18.4 Å². The fraction of sp³-hybridized carbons (Fsp3) is 0.545. The highest BCUT2D eigenvalue weighted by atomic mass is 32.1. The zero-order valence-corrected chi connectivity index (χ0v) is 11.2. The van der Waals surface area contributed by atoms with Gasteiger partial charge in [0.05, 0.1) is 5.69 Å². The largest absolute Gasteiger partial charge is 0.477 e. The monoisotopic (exact) mass is 307 g/mol. The van der Waals surface area contributed by atoms with E-state index in [9.17, 15) is 18.0 Å². The number of unbranched alkanes of at least 4 members (excludes halogenated alkanes) is 2. The summed E-state index contributed by atoms with van der Waals surface area (Å²) in [6.45, 7) is 0. The number of carbonyl (C=O) groups is 1. The summed E-state index contributed by atoms with van der Waals surface area (Å²) in [5.74, 6) is -1.13. The third-order valence-electron chi connectivity index (χ3n) is 2.61. The Balaban J connectivity index is 2.60. The zero-order chi connectivity index (χ0) is 15.2. The molecule has 0 fully saturated rings. The highest BCUT2D eigenvalue weighted by Crippen LogP contribution is 2.32. The second-order valence-electron chi connectivity index (χ2n) is 4.10. The minimum Gasteiger partial charge on any atom is -0.477 e. The molecule has 1 rings (SSSR count). The maximum absolute atomic E-state index is 12.0. The van der Waals surface area contributed by atoms with Crippen molar-refractivity contribution in [1.29, 1.82) is 0 Å². The summed E-state index contributed by atoms with van der Waals surface area (Å²) in [5, 5.41) is 13.8. The molecule has 0 aliphatic heterocycles. The Morgan fingerprint density at radius 1 is 1.40 bits per heavy atom. The van der Waals surface area contributed by atoms with Gasteiger partial charge in [0.15, 0.2) is 0 Å². The van der Waals surface area contributed by atoms with Crippen LogP contribution >= 0.6 is 11.3 Å². The van der Waals surface area contributed by atoms with Gasteiger partial charge in [-0.2, -0.15) is 13.2 Å². The number of halogens is 3. The van der Waals surface area contributed by atoms with Crippen LogP contribution in [0.4, 0.5) is 18.9 Å². The molecule has 0 saturated heterocycles. The number of rotatable bonds is 7. The fourth-order valence-electron chi connectivity index (χ4n) is 1.73. The summed E-state index contributed by atoms with van der Waals surface area (Å²) >= 11 is 0.948. The fourth-order valence-corrected chi connectivity index (χ4v) is 2.60. The van der Waals surface area contributed by atoms with Crippen LogP contribution in [0.25, 0.3) is 10.4 Å². The number of hydrogen-bond acceptors (Lipinski definition) is 3. The van der Waals surface area contributed by atoms with Gasteiger partial charge >= 0.3 is 12.1 Å². The van der Waals surface area contributed by atoms with Crippen molar-refractivity contribution in [3.8, 4) is 0 Å². The van der Waals surface area contributed by atoms with E-state index < -0.39 is 18.6 Å². The van der Waals surface area contributed by atoms with Gasteiger partial charge in [0, 0.05) is 16.7 Å². The third kappa shape index (κ3) is 5.10. The summed E-state index contributed by atoms with van der Waals surface area (Å²) < 4.78 is 35.9. The molecule has 20 heavy (non-hydrogen) atoms. The van der Waals surface area contributed by atoms with Crippen LogP contribution in [0, 0.1) is 0 Å². The first kappa shape index (κ1) is 16.3. The zero-order valence-electron chi connectivity index (χ0n) is 10.4. The molecule has 0 atom stereocenters. The van der Waals surface area contributed by atoms with Gasteiger partial charge in [0.1, 0.15) is 4.88 Å². The van der Waals surface area contributed by atoms with Crippen molar-refractivity contribution in [2.75, 3.05) is 0 Å². The number of nitrogens with zero attached hydrogens (tertiary/aromatic N) is 3. The highest BCUT2D eigenvalue weighted by molar-refractivity contribution is 7.12. The number of azide groups is 1. The number of thiophene rings is 1. The number of carboxylic acids is 1. The summed E-state index contributed by atoms with van der Waals surface area (Å²) in [6.07, 6.45) is -3.95. The predicted molar refractivity (Wildman–Crippen MR) is 68.3 cm³/mol. The van der Waals surface area contributed by atoms with Crippen LogP contribution in [-0.2, 0) is 6.42 Å². The first-order chi connectivity index (χ1) is 9.35. The minimum absolute atomic E-state index is 0.00684. The molecule has 1 aromatic rings. The molecule has 1 heterocycles. The van der Waals surface area contributed by atoms with Gasteiger partial charge < -0.3 is 5.11 Å². The lowest BCUT2D eigenvalue weighted by molar-refractivity contribution is -0.135. The SMILES string of the molecule is [N-]=[N+]=Nc1csc(C(=O)O)c1CCCCCC(F)(F)F. The van der Waals surface area contributed by atoms with Gasteiger partial charge in [0.25, 0.3) is 0 Å². The van der Waals surface area contributed by atoms with Crippen LogP contribution in [0.1, 0.15) is 40.9 Å². The van der Waals surface area contributed by atoms with Crippen LogP contribution in [0.5, 0.6) is 0 Å². The quantitative estimate of drug-likeness (QED) is 0.330. The molecule has 0 bridgehead atoms. The molecule has 0 unspecified atom stereocenters. The van der Waals surface area contributed by atoms with Crippen LogP contribution in [0.15, 0.2) is 10.5 Å². The lowest BCUT2D eigenvalue weighted by Crippen LogP contribution is -2.06. The van der Waals surface area contributed by atoms with Crippen LogP contribution in [0.3, 0.4) is 0 Å². The maximum atomic E-state index is 12.0. The number of hydrogen-bond donors (Lipinski definition) is 1. The average Bonchev–Trinajstić information content (AvgIpc) is 2.71. The van der Waals surface area contributed by atoms with E-state index >= 15 is 0 Å². The van der Waals surface area contributed by atoms with E-state index in [2.05, 4.69) is 10.0 Å². The van der Waals surface area contributed by atoms with Crippen LogP contribution in [-0.4, -0.2) is 17.3 Å². The molecule has 0 aliphatic rings. The normalized spacial score (nSPS) is 11.2. The molecule has 0 aromatic carbocycles. The Hall–Kier alpha value is -1.73. The number of aromatic carboxylic acids is 1.